The van der Waals surface area contributed by atoms with Gasteiger partial charge < -0.3 is 9.84 Å². The Morgan fingerprint density at radius 2 is 2.24 bits per heavy atom. The van der Waals surface area contributed by atoms with E-state index >= 15 is 0 Å². The van der Waals surface area contributed by atoms with Crippen LogP contribution in [-0.4, -0.2) is 28.2 Å². The third kappa shape index (κ3) is 2.34. The lowest BCUT2D eigenvalue weighted by atomic mass is 10.1. The molecule has 0 bridgehead atoms. The lowest BCUT2D eigenvalue weighted by molar-refractivity contribution is 0.358. The highest BCUT2D eigenvalue weighted by Crippen LogP contribution is 2.18. The molecule has 1 aliphatic heterocycles. The second-order valence-corrected chi connectivity index (χ2v) is 4.31. The molecule has 0 aliphatic carbocycles. The van der Waals surface area contributed by atoms with Gasteiger partial charge in [0.25, 0.3) is 0 Å². The minimum atomic E-state index is 0.626. The molecule has 1 fully saturated rings. The van der Waals surface area contributed by atoms with Crippen LogP contribution in [0.1, 0.15) is 12.3 Å². The summed E-state index contributed by atoms with van der Waals surface area (Å²) in [6.45, 7) is 2.14. The van der Waals surface area contributed by atoms with Gasteiger partial charge >= 0.3 is 0 Å². The van der Waals surface area contributed by atoms with E-state index in [1.165, 1.54) is 6.42 Å². The monoisotopic (exact) mass is 230 g/mol. The fraction of sp³-hybridized carbons (Fsp3) is 0.417. The Kier molecular flexibility index (Phi) is 2.83. The number of hydrogen-bond acceptors (Lipinski definition) is 5. The van der Waals surface area contributed by atoms with Gasteiger partial charge in [-0.15, -0.1) is 0 Å². The lowest BCUT2D eigenvalue weighted by Gasteiger charge is -2.01. The molecule has 1 N–H and O–H groups in total. The Bertz CT molecular complexity index is 476. The molecule has 3 heterocycles. The number of nitrogens with zero attached hydrogens (tertiary/aromatic N) is 3. The summed E-state index contributed by atoms with van der Waals surface area (Å²) in [6.07, 6.45) is 5.51. The second-order valence-electron chi connectivity index (χ2n) is 4.31. The van der Waals surface area contributed by atoms with E-state index in [9.17, 15) is 0 Å². The maximum atomic E-state index is 5.27. The predicted octanol–water partition coefficient (Wildman–Crippen LogP) is 1.28. The Morgan fingerprint density at radius 1 is 1.35 bits per heavy atom. The minimum Gasteiger partial charge on any atom is -0.339 e. The Morgan fingerprint density at radius 3 is 3.00 bits per heavy atom. The van der Waals surface area contributed by atoms with E-state index in [4.69, 9.17) is 4.52 Å². The van der Waals surface area contributed by atoms with Crippen LogP contribution in [0.15, 0.2) is 29.0 Å². The van der Waals surface area contributed by atoms with Crippen LogP contribution in [0.4, 0.5) is 0 Å². The summed E-state index contributed by atoms with van der Waals surface area (Å²) < 4.78 is 5.27. The van der Waals surface area contributed by atoms with Crippen LogP contribution < -0.4 is 5.32 Å². The molecule has 0 aromatic carbocycles. The molecule has 5 nitrogen and oxygen atoms in total. The molecule has 3 rings (SSSR count). The van der Waals surface area contributed by atoms with Crippen molar-refractivity contribution in [3.8, 4) is 11.4 Å². The summed E-state index contributed by atoms with van der Waals surface area (Å²) in [6, 6.07) is 3.76. The molecule has 2 aromatic heterocycles. The van der Waals surface area contributed by atoms with Crippen molar-refractivity contribution < 1.29 is 4.52 Å². The molecule has 1 saturated heterocycles. The van der Waals surface area contributed by atoms with Gasteiger partial charge in [0.2, 0.25) is 11.7 Å². The van der Waals surface area contributed by atoms with Gasteiger partial charge in [0.15, 0.2) is 0 Å². The van der Waals surface area contributed by atoms with Gasteiger partial charge in [0, 0.05) is 24.4 Å². The van der Waals surface area contributed by atoms with E-state index in [1.807, 2.05) is 12.1 Å². The summed E-state index contributed by atoms with van der Waals surface area (Å²) in [5.41, 5.74) is 0.944. The molecule has 0 saturated carbocycles. The largest absolute Gasteiger partial charge is 0.339 e. The van der Waals surface area contributed by atoms with Gasteiger partial charge in [-0.25, -0.2) is 0 Å². The van der Waals surface area contributed by atoms with E-state index in [1.54, 1.807) is 12.4 Å². The van der Waals surface area contributed by atoms with Crippen molar-refractivity contribution in [2.75, 3.05) is 13.1 Å². The number of pyridine rings is 1. The predicted molar refractivity (Wildman–Crippen MR) is 62.2 cm³/mol. The summed E-state index contributed by atoms with van der Waals surface area (Å²) in [4.78, 5) is 8.38. The summed E-state index contributed by atoms with van der Waals surface area (Å²) >= 11 is 0. The van der Waals surface area contributed by atoms with Gasteiger partial charge in [-0.3, -0.25) is 4.98 Å². The van der Waals surface area contributed by atoms with Crippen molar-refractivity contribution in [1.29, 1.82) is 0 Å². The first-order valence-corrected chi connectivity index (χ1v) is 5.85. The van der Waals surface area contributed by atoms with E-state index < -0.39 is 0 Å². The zero-order valence-corrected chi connectivity index (χ0v) is 9.47. The minimum absolute atomic E-state index is 0.626. The highest BCUT2D eigenvalue weighted by Gasteiger charge is 2.18. The normalized spacial score (nSPS) is 19.6. The molecule has 1 atom stereocenters. The molecule has 0 amide bonds. The fourth-order valence-corrected chi connectivity index (χ4v) is 2.09. The summed E-state index contributed by atoms with van der Waals surface area (Å²) in [7, 11) is 0. The molecule has 17 heavy (non-hydrogen) atoms. The quantitative estimate of drug-likeness (QED) is 0.860. The van der Waals surface area contributed by atoms with E-state index in [0.29, 0.717) is 11.7 Å². The van der Waals surface area contributed by atoms with Gasteiger partial charge in [0.05, 0.1) is 0 Å². The highest BCUT2D eigenvalue weighted by atomic mass is 16.5. The zero-order valence-electron chi connectivity index (χ0n) is 9.47. The highest BCUT2D eigenvalue weighted by molar-refractivity contribution is 5.52. The maximum absolute atomic E-state index is 5.27. The summed E-state index contributed by atoms with van der Waals surface area (Å²) in [5.74, 6) is 2.00. The number of nitrogens with one attached hydrogen (secondary N) is 1. The molecule has 5 heteroatoms. The topological polar surface area (TPSA) is 63.8 Å². The molecule has 1 aliphatic rings. The number of rotatable bonds is 3. The van der Waals surface area contributed by atoms with Gasteiger partial charge in [-0.05, 0) is 37.6 Å². The zero-order chi connectivity index (χ0) is 11.5. The first kappa shape index (κ1) is 10.4. The number of aromatic nitrogens is 3. The van der Waals surface area contributed by atoms with Crippen LogP contribution in [0.2, 0.25) is 0 Å². The van der Waals surface area contributed by atoms with Crippen LogP contribution >= 0.6 is 0 Å². The van der Waals surface area contributed by atoms with Gasteiger partial charge in [-0.1, -0.05) is 5.16 Å². The molecular weight excluding hydrogens is 216 g/mol. The smallest absolute Gasteiger partial charge is 0.227 e. The molecule has 0 radical (unpaired) electrons. The van der Waals surface area contributed by atoms with E-state index in [0.717, 1.165) is 31.0 Å². The number of hydrogen-bond donors (Lipinski definition) is 1. The Labute approximate surface area is 99.3 Å². The second kappa shape index (κ2) is 4.63. The van der Waals surface area contributed by atoms with E-state index in [-0.39, 0.29) is 0 Å². The van der Waals surface area contributed by atoms with Crippen molar-refractivity contribution in [3.05, 3.63) is 30.4 Å². The Hall–Kier alpha value is -1.75. The third-order valence-corrected chi connectivity index (χ3v) is 3.03. The van der Waals surface area contributed by atoms with Crippen molar-refractivity contribution in [2.45, 2.75) is 12.8 Å². The average Bonchev–Trinajstić information content (AvgIpc) is 3.02. The maximum Gasteiger partial charge on any atom is 0.227 e. The van der Waals surface area contributed by atoms with Crippen LogP contribution in [-0.2, 0) is 6.42 Å². The molecular formula is C12H14N4O. The van der Waals surface area contributed by atoms with Crippen molar-refractivity contribution >= 4 is 0 Å². The third-order valence-electron chi connectivity index (χ3n) is 3.03. The summed E-state index contributed by atoms with van der Waals surface area (Å²) in [5, 5.41) is 7.33. The van der Waals surface area contributed by atoms with Gasteiger partial charge in [0.1, 0.15) is 0 Å². The SMILES string of the molecule is c1cc(-c2noc(C[C@H]3CCNC3)n2)ccn1. The fourth-order valence-electron chi connectivity index (χ4n) is 2.09. The standard InChI is InChI=1S/C12H14N4O/c1-4-14-8-9(1)7-11-15-12(16-17-11)10-2-5-13-6-3-10/h2-3,5-6,9,14H,1,4,7-8H2/t9-/m1/s1. The van der Waals surface area contributed by atoms with Crippen molar-refractivity contribution in [2.24, 2.45) is 5.92 Å². The van der Waals surface area contributed by atoms with Crippen LogP contribution in [0.3, 0.4) is 0 Å². The van der Waals surface area contributed by atoms with E-state index in [2.05, 4.69) is 20.4 Å². The van der Waals surface area contributed by atoms with Crippen molar-refractivity contribution in [3.63, 3.8) is 0 Å². The first-order valence-electron chi connectivity index (χ1n) is 5.85. The van der Waals surface area contributed by atoms with Crippen LogP contribution in [0.25, 0.3) is 11.4 Å². The molecule has 88 valence electrons. The molecule has 0 unspecified atom stereocenters. The molecule has 2 aromatic rings. The van der Waals surface area contributed by atoms with Crippen LogP contribution in [0, 0.1) is 5.92 Å². The van der Waals surface area contributed by atoms with Crippen LogP contribution in [0.5, 0.6) is 0 Å². The van der Waals surface area contributed by atoms with Gasteiger partial charge in [-0.2, -0.15) is 4.98 Å². The molecule has 0 spiro atoms. The first-order chi connectivity index (χ1) is 8.42. The Balaban J connectivity index is 1.74. The van der Waals surface area contributed by atoms with Crippen molar-refractivity contribution in [1.82, 2.24) is 20.4 Å². The lowest BCUT2D eigenvalue weighted by Crippen LogP contribution is -2.10. The average molecular weight is 230 g/mol.